The largest absolute Gasteiger partial charge is 0.353 e. The van der Waals surface area contributed by atoms with Crippen molar-refractivity contribution in [1.29, 1.82) is 0 Å². The third-order valence-electron chi connectivity index (χ3n) is 2.37. The maximum Gasteiger partial charge on any atom is 0.316 e. The zero-order valence-electron chi connectivity index (χ0n) is 9.69. The molecule has 5 nitrogen and oxygen atoms in total. The van der Waals surface area contributed by atoms with Crippen LogP contribution in [-0.4, -0.2) is 35.3 Å². The van der Waals surface area contributed by atoms with Gasteiger partial charge in [-0.05, 0) is 27.2 Å². The van der Waals surface area contributed by atoms with E-state index in [9.17, 15) is 4.79 Å². The summed E-state index contributed by atoms with van der Waals surface area (Å²) in [4.78, 5) is 12.7. The molecule has 1 fully saturated rings. The summed E-state index contributed by atoms with van der Waals surface area (Å²) in [5.74, 6) is 0. The van der Waals surface area contributed by atoms with Crippen molar-refractivity contribution in [2.45, 2.75) is 51.5 Å². The second kappa shape index (κ2) is 4.37. The molecule has 1 aliphatic rings. The van der Waals surface area contributed by atoms with E-state index in [1.54, 1.807) is 4.90 Å². The molecular weight excluding hydrogens is 194 g/mol. The number of nitrogens with two attached hydrogens (primary N) is 2. The average molecular weight is 215 g/mol. The Kier molecular flexibility index (Phi) is 3.57. The topological polar surface area (TPSA) is 81.6 Å². The van der Waals surface area contributed by atoms with Gasteiger partial charge in [0.25, 0.3) is 0 Å². The van der Waals surface area contributed by atoms with E-state index in [2.05, 4.69) is 0 Å². The highest BCUT2D eigenvalue weighted by Crippen LogP contribution is 2.22. The molecule has 2 amide bonds. The first-order valence-electron chi connectivity index (χ1n) is 5.29. The van der Waals surface area contributed by atoms with Crippen LogP contribution in [0.15, 0.2) is 0 Å². The number of primary amides is 1. The number of ether oxygens (including phenoxy) is 1. The van der Waals surface area contributed by atoms with Crippen molar-refractivity contribution in [2.75, 3.05) is 6.54 Å². The highest BCUT2D eigenvalue weighted by molar-refractivity contribution is 5.72. The standard InChI is InChI=1S/C10H21N3O2/c1-10(2,3)15-8-6-7(11)4-5-13(8)9(12)14/h7-8H,4-6,11H2,1-3H3,(H2,12,14). The van der Waals surface area contributed by atoms with Gasteiger partial charge in [0.1, 0.15) is 6.23 Å². The predicted molar refractivity (Wildman–Crippen MR) is 58.1 cm³/mol. The van der Waals surface area contributed by atoms with Crippen molar-refractivity contribution in [1.82, 2.24) is 4.90 Å². The number of amides is 2. The van der Waals surface area contributed by atoms with E-state index in [1.165, 1.54) is 0 Å². The number of nitrogens with zero attached hydrogens (tertiary/aromatic N) is 1. The summed E-state index contributed by atoms with van der Waals surface area (Å²) in [6, 6.07) is -0.343. The summed E-state index contributed by atoms with van der Waals surface area (Å²) in [5.41, 5.74) is 10.8. The number of carbonyl (C=O) groups is 1. The Morgan fingerprint density at radius 2 is 2.07 bits per heavy atom. The van der Waals surface area contributed by atoms with Gasteiger partial charge in [0, 0.05) is 19.0 Å². The van der Waals surface area contributed by atoms with Gasteiger partial charge in [-0.3, -0.25) is 4.90 Å². The van der Waals surface area contributed by atoms with E-state index in [1.807, 2.05) is 20.8 Å². The Balaban J connectivity index is 2.66. The fourth-order valence-electron chi connectivity index (χ4n) is 1.72. The lowest BCUT2D eigenvalue weighted by Gasteiger charge is -2.40. The molecule has 0 saturated carbocycles. The third-order valence-corrected chi connectivity index (χ3v) is 2.37. The van der Waals surface area contributed by atoms with Crippen LogP contribution in [0.25, 0.3) is 0 Å². The molecule has 0 aromatic heterocycles. The maximum absolute atomic E-state index is 11.2. The Morgan fingerprint density at radius 3 is 2.53 bits per heavy atom. The number of carbonyl (C=O) groups excluding carboxylic acids is 1. The van der Waals surface area contributed by atoms with Crippen molar-refractivity contribution in [3.05, 3.63) is 0 Å². The lowest BCUT2D eigenvalue weighted by Crippen LogP contribution is -2.54. The predicted octanol–water partition coefficient (Wildman–Crippen LogP) is 0.629. The molecule has 0 bridgehead atoms. The van der Waals surface area contributed by atoms with Crippen molar-refractivity contribution in [3.63, 3.8) is 0 Å². The monoisotopic (exact) mass is 215 g/mol. The maximum atomic E-state index is 11.2. The molecule has 0 radical (unpaired) electrons. The highest BCUT2D eigenvalue weighted by Gasteiger charge is 2.32. The molecule has 1 aliphatic heterocycles. The van der Waals surface area contributed by atoms with Crippen LogP contribution in [0.4, 0.5) is 4.79 Å². The van der Waals surface area contributed by atoms with Crippen LogP contribution in [0.5, 0.6) is 0 Å². The molecule has 0 aliphatic carbocycles. The number of urea groups is 1. The summed E-state index contributed by atoms with van der Waals surface area (Å²) >= 11 is 0. The third kappa shape index (κ3) is 3.68. The van der Waals surface area contributed by atoms with E-state index >= 15 is 0 Å². The van der Waals surface area contributed by atoms with Gasteiger partial charge in [0.2, 0.25) is 0 Å². The second-order valence-electron chi connectivity index (χ2n) is 5.00. The zero-order valence-corrected chi connectivity index (χ0v) is 9.69. The summed E-state index contributed by atoms with van der Waals surface area (Å²) < 4.78 is 5.77. The molecule has 2 atom stereocenters. The van der Waals surface area contributed by atoms with Crippen LogP contribution in [0.3, 0.4) is 0 Å². The summed E-state index contributed by atoms with van der Waals surface area (Å²) in [7, 11) is 0. The average Bonchev–Trinajstić information content (AvgIpc) is 1.99. The Labute approximate surface area is 90.7 Å². The first kappa shape index (κ1) is 12.3. The van der Waals surface area contributed by atoms with Crippen LogP contribution >= 0.6 is 0 Å². The van der Waals surface area contributed by atoms with Gasteiger partial charge in [-0.1, -0.05) is 0 Å². The molecule has 1 saturated heterocycles. The summed E-state index contributed by atoms with van der Waals surface area (Å²) in [6.07, 6.45) is 1.15. The lowest BCUT2D eigenvalue weighted by molar-refractivity contribution is -0.131. The smallest absolute Gasteiger partial charge is 0.316 e. The van der Waals surface area contributed by atoms with Gasteiger partial charge in [0.15, 0.2) is 0 Å². The van der Waals surface area contributed by atoms with Crippen LogP contribution in [0.1, 0.15) is 33.6 Å². The summed E-state index contributed by atoms with van der Waals surface area (Å²) in [5, 5.41) is 0. The fourth-order valence-corrected chi connectivity index (χ4v) is 1.72. The van der Waals surface area contributed by atoms with Gasteiger partial charge >= 0.3 is 6.03 Å². The summed E-state index contributed by atoms with van der Waals surface area (Å²) in [6.45, 7) is 6.43. The molecule has 15 heavy (non-hydrogen) atoms. The molecule has 5 heteroatoms. The van der Waals surface area contributed by atoms with Gasteiger partial charge in [0.05, 0.1) is 5.60 Å². The molecule has 0 spiro atoms. The molecular formula is C10H21N3O2. The first-order chi connectivity index (χ1) is 6.79. The van der Waals surface area contributed by atoms with Crippen LogP contribution in [0.2, 0.25) is 0 Å². The molecule has 0 aromatic carbocycles. The SMILES string of the molecule is CC(C)(C)OC1CC(N)CCN1C(N)=O. The number of hydrogen-bond acceptors (Lipinski definition) is 3. The van der Waals surface area contributed by atoms with E-state index in [0.29, 0.717) is 13.0 Å². The van der Waals surface area contributed by atoms with Gasteiger partial charge in [-0.2, -0.15) is 0 Å². The number of rotatable bonds is 1. The minimum Gasteiger partial charge on any atom is -0.353 e. The molecule has 88 valence electrons. The Morgan fingerprint density at radius 1 is 1.47 bits per heavy atom. The van der Waals surface area contributed by atoms with Gasteiger partial charge in [-0.25, -0.2) is 4.79 Å². The molecule has 1 heterocycles. The number of likely N-dealkylation sites (tertiary alicyclic amines) is 1. The quantitative estimate of drug-likeness (QED) is 0.673. The van der Waals surface area contributed by atoms with Gasteiger partial charge < -0.3 is 16.2 Å². The number of hydrogen-bond donors (Lipinski definition) is 2. The number of piperidine rings is 1. The second-order valence-corrected chi connectivity index (χ2v) is 5.00. The molecule has 1 rings (SSSR count). The van der Waals surface area contributed by atoms with Gasteiger partial charge in [-0.15, -0.1) is 0 Å². The molecule has 2 unspecified atom stereocenters. The van der Waals surface area contributed by atoms with E-state index in [-0.39, 0.29) is 17.9 Å². The fraction of sp³-hybridized carbons (Fsp3) is 0.900. The van der Waals surface area contributed by atoms with E-state index in [4.69, 9.17) is 16.2 Å². The van der Waals surface area contributed by atoms with Crippen molar-refractivity contribution in [2.24, 2.45) is 11.5 Å². The normalized spacial score (nSPS) is 27.9. The Hall–Kier alpha value is -0.810. The van der Waals surface area contributed by atoms with E-state index in [0.717, 1.165) is 6.42 Å². The van der Waals surface area contributed by atoms with Crippen LogP contribution in [0, 0.1) is 0 Å². The lowest BCUT2D eigenvalue weighted by atomic mass is 10.0. The molecule has 0 aromatic rings. The first-order valence-corrected chi connectivity index (χ1v) is 5.29. The van der Waals surface area contributed by atoms with E-state index < -0.39 is 6.03 Å². The van der Waals surface area contributed by atoms with Crippen LogP contribution in [-0.2, 0) is 4.74 Å². The van der Waals surface area contributed by atoms with Crippen molar-refractivity contribution < 1.29 is 9.53 Å². The molecule has 4 N–H and O–H groups in total. The minimum atomic E-state index is -0.434. The Bertz CT molecular complexity index is 237. The van der Waals surface area contributed by atoms with Crippen LogP contribution < -0.4 is 11.5 Å². The zero-order chi connectivity index (χ0) is 11.6. The highest BCUT2D eigenvalue weighted by atomic mass is 16.5. The van der Waals surface area contributed by atoms with Crippen molar-refractivity contribution in [3.8, 4) is 0 Å². The minimum absolute atomic E-state index is 0.0907. The van der Waals surface area contributed by atoms with Crippen molar-refractivity contribution >= 4 is 6.03 Å².